The third kappa shape index (κ3) is 2.36. The van der Waals surface area contributed by atoms with Crippen LogP contribution in [-0.4, -0.2) is 31.5 Å². The first kappa shape index (κ1) is 7.16. The average Bonchev–Trinajstić information content (AvgIpc) is 1.67. The largest absolute Gasteiger partial charge is 0.475 e. The van der Waals surface area contributed by atoms with E-state index in [0.717, 1.165) is 0 Å². The maximum Gasteiger partial charge on any atom is 0.374 e. The average molecular weight is 114 g/mol. The number of ketones is 1. The van der Waals surface area contributed by atoms with Gasteiger partial charge in [0, 0.05) is 0 Å². The third-order valence-electron chi connectivity index (χ3n) is 0.453. The van der Waals surface area contributed by atoms with Crippen molar-refractivity contribution in [1.29, 1.82) is 0 Å². The molecule has 5 heteroatoms. The second kappa shape index (κ2) is 3.20. The summed E-state index contributed by atoms with van der Waals surface area (Å²) in [6.07, 6.45) is 0. The highest BCUT2D eigenvalue weighted by molar-refractivity contribution is 6.33. The van der Waals surface area contributed by atoms with Gasteiger partial charge in [0.2, 0.25) is 0 Å². The van der Waals surface area contributed by atoms with E-state index in [-0.39, 0.29) is 0 Å². The number of Topliss-reactive ketones (excluding diaryl/α,β-unsaturated/α-hetero) is 1. The van der Waals surface area contributed by atoms with Crippen LogP contribution >= 0.6 is 0 Å². The van der Waals surface area contributed by atoms with E-state index in [9.17, 15) is 9.59 Å². The fraction of sp³-hybridized carbons (Fsp3) is 0.333. The Morgan fingerprint density at radius 1 is 1.62 bits per heavy atom. The molecule has 0 aliphatic heterocycles. The number of aliphatic carboxylic acids is 1. The molecule has 0 aromatic carbocycles. The Hall–Kier alpha value is -0.835. The second-order valence-electron chi connectivity index (χ2n) is 1.04. The summed E-state index contributed by atoms with van der Waals surface area (Å²) in [4.78, 5) is 19.5. The van der Waals surface area contributed by atoms with Gasteiger partial charge < -0.3 is 9.76 Å². The van der Waals surface area contributed by atoms with Crippen LogP contribution in [0.15, 0.2) is 0 Å². The van der Waals surface area contributed by atoms with Gasteiger partial charge in [-0.1, -0.05) is 0 Å². The summed E-state index contributed by atoms with van der Waals surface area (Å²) >= 11 is 0. The first-order valence-electron chi connectivity index (χ1n) is 1.76. The van der Waals surface area contributed by atoms with Crippen LogP contribution in [0.3, 0.4) is 0 Å². The van der Waals surface area contributed by atoms with Crippen molar-refractivity contribution in [2.45, 2.75) is 0 Å². The molecular formula is C3H3BO4. The standard InChI is InChI=1S/C3H3BO4/c4-8-1-2(5)3(6)7/h1H2,(H,6,7). The molecule has 1 N–H and O–H groups in total. The predicted octanol–water partition coefficient (Wildman–Crippen LogP) is -1.26. The van der Waals surface area contributed by atoms with E-state index in [2.05, 4.69) is 12.7 Å². The molecule has 0 saturated carbocycles. The van der Waals surface area contributed by atoms with Gasteiger partial charge in [-0.25, -0.2) is 4.79 Å². The molecule has 0 aromatic rings. The summed E-state index contributed by atoms with van der Waals surface area (Å²) in [6.45, 7) is -0.574. The Labute approximate surface area is 46.9 Å². The number of carboxylic acids is 1. The number of carbonyl (C=O) groups is 2. The number of hydrogen-bond acceptors (Lipinski definition) is 3. The summed E-state index contributed by atoms with van der Waals surface area (Å²) in [6, 6.07) is 0. The quantitative estimate of drug-likeness (QED) is 0.367. The zero-order valence-electron chi connectivity index (χ0n) is 3.96. The molecule has 2 radical (unpaired) electrons. The van der Waals surface area contributed by atoms with Gasteiger partial charge in [0.1, 0.15) is 0 Å². The zero-order chi connectivity index (χ0) is 6.57. The summed E-state index contributed by atoms with van der Waals surface area (Å²) in [5.41, 5.74) is 0. The Morgan fingerprint density at radius 3 is 2.25 bits per heavy atom. The minimum Gasteiger partial charge on any atom is -0.475 e. The zero-order valence-corrected chi connectivity index (χ0v) is 3.96. The molecule has 0 bridgehead atoms. The molecule has 0 aromatic heterocycles. The number of carbonyl (C=O) groups excluding carboxylic acids is 1. The van der Waals surface area contributed by atoms with Crippen molar-refractivity contribution in [3.63, 3.8) is 0 Å². The smallest absolute Gasteiger partial charge is 0.374 e. The van der Waals surface area contributed by atoms with Crippen LogP contribution in [0.5, 0.6) is 0 Å². The molecular weight excluding hydrogens is 111 g/mol. The lowest BCUT2D eigenvalue weighted by Gasteiger charge is -1.88. The molecule has 0 amide bonds. The van der Waals surface area contributed by atoms with Crippen LogP contribution in [0.1, 0.15) is 0 Å². The number of hydrogen-bond donors (Lipinski definition) is 1. The highest BCUT2D eigenvalue weighted by Crippen LogP contribution is 1.71. The lowest BCUT2D eigenvalue weighted by Crippen LogP contribution is -2.17. The fourth-order valence-electron chi connectivity index (χ4n) is 0.137. The van der Waals surface area contributed by atoms with Gasteiger partial charge in [-0.3, -0.25) is 4.79 Å². The van der Waals surface area contributed by atoms with Crippen LogP contribution in [0.2, 0.25) is 0 Å². The van der Waals surface area contributed by atoms with Gasteiger partial charge in [-0.2, -0.15) is 0 Å². The van der Waals surface area contributed by atoms with Crippen molar-refractivity contribution in [2.24, 2.45) is 0 Å². The van der Waals surface area contributed by atoms with Crippen LogP contribution < -0.4 is 0 Å². The molecule has 0 spiro atoms. The molecule has 0 unspecified atom stereocenters. The van der Waals surface area contributed by atoms with Crippen molar-refractivity contribution < 1.29 is 19.3 Å². The summed E-state index contributed by atoms with van der Waals surface area (Å²) in [5, 5.41) is 7.83. The molecule has 0 rings (SSSR count). The van der Waals surface area contributed by atoms with Crippen LogP contribution in [-0.2, 0) is 14.2 Å². The molecule has 0 aliphatic rings. The molecule has 0 fully saturated rings. The van der Waals surface area contributed by atoms with Crippen LogP contribution in [0.25, 0.3) is 0 Å². The van der Waals surface area contributed by atoms with Crippen molar-refractivity contribution in [2.75, 3.05) is 6.61 Å². The monoisotopic (exact) mass is 114 g/mol. The number of carboxylic acid groups (broad SMARTS) is 1. The molecule has 0 saturated heterocycles. The lowest BCUT2D eigenvalue weighted by atomic mass is 10.4. The molecule has 4 nitrogen and oxygen atoms in total. The van der Waals surface area contributed by atoms with E-state index in [1.807, 2.05) is 0 Å². The third-order valence-corrected chi connectivity index (χ3v) is 0.453. The highest BCUT2D eigenvalue weighted by atomic mass is 16.4. The van der Waals surface area contributed by atoms with E-state index in [1.54, 1.807) is 0 Å². The van der Waals surface area contributed by atoms with Crippen molar-refractivity contribution in [1.82, 2.24) is 0 Å². The summed E-state index contributed by atoms with van der Waals surface area (Å²) in [5.74, 6) is -2.58. The van der Waals surface area contributed by atoms with Crippen molar-refractivity contribution in [3.05, 3.63) is 0 Å². The molecule has 42 valence electrons. The van der Waals surface area contributed by atoms with Gasteiger partial charge in [-0.05, 0) is 0 Å². The van der Waals surface area contributed by atoms with Crippen molar-refractivity contribution in [3.8, 4) is 0 Å². The van der Waals surface area contributed by atoms with Crippen molar-refractivity contribution >= 4 is 19.8 Å². The molecule has 0 atom stereocenters. The summed E-state index contributed by atoms with van der Waals surface area (Å²) < 4.78 is 3.73. The van der Waals surface area contributed by atoms with E-state index in [0.29, 0.717) is 0 Å². The van der Waals surface area contributed by atoms with Gasteiger partial charge in [0.05, 0.1) is 6.61 Å². The second-order valence-corrected chi connectivity index (χ2v) is 1.04. The minimum atomic E-state index is -1.53. The first-order valence-corrected chi connectivity index (χ1v) is 1.76. The Bertz CT molecular complexity index is 110. The molecule has 8 heavy (non-hydrogen) atoms. The lowest BCUT2D eigenvalue weighted by molar-refractivity contribution is -0.149. The van der Waals surface area contributed by atoms with Gasteiger partial charge in [-0.15, -0.1) is 0 Å². The van der Waals surface area contributed by atoms with E-state index in [1.165, 1.54) is 0 Å². The van der Waals surface area contributed by atoms with Gasteiger partial charge >= 0.3 is 5.97 Å². The molecule has 0 aliphatic carbocycles. The predicted molar refractivity (Wildman–Crippen MR) is 24.3 cm³/mol. The van der Waals surface area contributed by atoms with Crippen LogP contribution in [0.4, 0.5) is 0 Å². The van der Waals surface area contributed by atoms with Crippen LogP contribution in [0, 0.1) is 0 Å². The first-order chi connectivity index (χ1) is 3.68. The van der Waals surface area contributed by atoms with Gasteiger partial charge in [0.15, 0.2) is 0 Å². The minimum absolute atomic E-state index is 0.574. The summed E-state index contributed by atoms with van der Waals surface area (Å²) in [7, 11) is 4.38. The van der Waals surface area contributed by atoms with E-state index >= 15 is 0 Å². The maximum absolute atomic E-state index is 9.94. The Kier molecular flexibility index (Phi) is 2.87. The fourth-order valence-corrected chi connectivity index (χ4v) is 0.137. The van der Waals surface area contributed by atoms with E-state index < -0.39 is 18.4 Å². The highest BCUT2D eigenvalue weighted by Gasteiger charge is 2.08. The SMILES string of the molecule is [B]OCC(=O)C(=O)O. The molecule has 0 heterocycles. The Morgan fingerprint density at radius 2 is 2.12 bits per heavy atom. The number of rotatable bonds is 3. The Balaban J connectivity index is 3.49. The topological polar surface area (TPSA) is 63.6 Å². The maximum atomic E-state index is 9.94. The van der Waals surface area contributed by atoms with Gasteiger partial charge in [0.25, 0.3) is 13.8 Å². The van der Waals surface area contributed by atoms with E-state index in [4.69, 9.17) is 5.11 Å². The normalized spacial score (nSPS) is 8.50.